The second kappa shape index (κ2) is 8.69. The molecule has 0 saturated heterocycles. The molecule has 0 bridgehead atoms. The van der Waals surface area contributed by atoms with Crippen LogP contribution in [0.15, 0.2) is 0 Å². The van der Waals surface area contributed by atoms with Crippen LogP contribution in [0.2, 0.25) is 0 Å². The smallest absolute Gasteiger partial charge is 0.0470 e. The lowest BCUT2D eigenvalue weighted by atomic mass is 10.4. The summed E-state index contributed by atoms with van der Waals surface area (Å²) in [5.41, 5.74) is 0. The molecule has 1 nitrogen and oxygen atoms in total. The van der Waals surface area contributed by atoms with Crippen LogP contribution >= 0.6 is 23.4 Å². The van der Waals surface area contributed by atoms with Crippen LogP contribution in [0, 0.1) is 0 Å². The molecule has 0 fully saturated rings. The average molecular weight is 197 g/mol. The molecule has 0 N–H and O–H groups in total. The van der Waals surface area contributed by atoms with Gasteiger partial charge in [0.15, 0.2) is 0 Å². The van der Waals surface area contributed by atoms with Crippen LogP contribution in [0.1, 0.15) is 19.8 Å². The van der Waals surface area contributed by atoms with E-state index in [4.69, 9.17) is 16.3 Å². The Hall–Kier alpha value is 0.600. The fraction of sp³-hybridized carbons (Fsp3) is 1.00. The van der Waals surface area contributed by atoms with E-state index < -0.39 is 0 Å². The standard InChI is InChI=1S/C8H17ClOS/c1-8(4-5-9)11-7-3-6-10-2/h8H,3-7H2,1-2H3. The molecule has 0 rings (SSSR count). The van der Waals surface area contributed by atoms with E-state index in [1.54, 1.807) is 7.11 Å². The lowest BCUT2D eigenvalue weighted by molar-refractivity contribution is 0.200. The first-order valence-electron chi connectivity index (χ1n) is 3.97. The zero-order valence-electron chi connectivity index (χ0n) is 7.31. The van der Waals surface area contributed by atoms with Gasteiger partial charge in [-0.2, -0.15) is 11.8 Å². The molecule has 0 spiro atoms. The largest absolute Gasteiger partial charge is 0.385 e. The summed E-state index contributed by atoms with van der Waals surface area (Å²) in [6.45, 7) is 3.10. The van der Waals surface area contributed by atoms with E-state index in [0.29, 0.717) is 5.25 Å². The first-order chi connectivity index (χ1) is 5.31. The normalized spacial score (nSPS) is 13.4. The maximum Gasteiger partial charge on any atom is 0.0470 e. The molecule has 0 aliphatic rings. The Bertz CT molecular complexity index is 80.5. The highest BCUT2D eigenvalue weighted by Crippen LogP contribution is 2.15. The van der Waals surface area contributed by atoms with Crippen LogP contribution in [-0.4, -0.2) is 30.6 Å². The molecule has 0 aromatic carbocycles. The molecule has 68 valence electrons. The van der Waals surface area contributed by atoms with E-state index in [1.807, 2.05) is 11.8 Å². The monoisotopic (exact) mass is 196 g/mol. The van der Waals surface area contributed by atoms with Gasteiger partial charge in [0.05, 0.1) is 0 Å². The predicted octanol–water partition coefficient (Wildman–Crippen LogP) is 2.77. The zero-order chi connectivity index (χ0) is 8.53. The quantitative estimate of drug-likeness (QED) is 0.458. The molecule has 0 aliphatic carbocycles. The molecule has 0 aliphatic heterocycles. The van der Waals surface area contributed by atoms with Crippen LogP contribution in [0.4, 0.5) is 0 Å². The summed E-state index contributed by atoms with van der Waals surface area (Å²) in [5.74, 6) is 1.96. The molecule has 11 heavy (non-hydrogen) atoms. The summed E-state index contributed by atoms with van der Waals surface area (Å²) in [5, 5.41) is 0.698. The van der Waals surface area contributed by atoms with Crippen LogP contribution in [-0.2, 0) is 4.74 Å². The maximum absolute atomic E-state index is 5.60. The first kappa shape index (κ1) is 11.6. The van der Waals surface area contributed by atoms with Crippen molar-refractivity contribution in [1.82, 2.24) is 0 Å². The van der Waals surface area contributed by atoms with Crippen molar-refractivity contribution in [3.63, 3.8) is 0 Å². The SMILES string of the molecule is COCCCSC(C)CCCl. The molecule has 1 unspecified atom stereocenters. The van der Waals surface area contributed by atoms with Gasteiger partial charge in [-0.1, -0.05) is 6.92 Å². The van der Waals surface area contributed by atoms with E-state index in [2.05, 4.69) is 6.92 Å². The van der Waals surface area contributed by atoms with Crippen molar-refractivity contribution in [3.8, 4) is 0 Å². The number of alkyl halides is 1. The van der Waals surface area contributed by atoms with Gasteiger partial charge < -0.3 is 4.74 Å². The van der Waals surface area contributed by atoms with Gasteiger partial charge in [-0.05, 0) is 18.6 Å². The van der Waals surface area contributed by atoms with Crippen LogP contribution in [0.25, 0.3) is 0 Å². The number of rotatable bonds is 7. The summed E-state index contributed by atoms with van der Waals surface area (Å²) in [7, 11) is 1.74. The Morgan fingerprint density at radius 1 is 1.55 bits per heavy atom. The number of hydrogen-bond acceptors (Lipinski definition) is 2. The van der Waals surface area contributed by atoms with Gasteiger partial charge in [-0.3, -0.25) is 0 Å². The van der Waals surface area contributed by atoms with Crippen LogP contribution < -0.4 is 0 Å². The molecular formula is C8H17ClOS. The second-order valence-corrected chi connectivity index (χ2v) is 4.43. The van der Waals surface area contributed by atoms with E-state index in [0.717, 1.165) is 25.3 Å². The number of thioether (sulfide) groups is 1. The summed E-state index contributed by atoms with van der Waals surface area (Å²) in [6.07, 6.45) is 2.26. The van der Waals surface area contributed by atoms with Crippen molar-refractivity contribution in [1.29, 1.82) is 0 Å². The van der Waals surface area contributed by atoms with Gasteiger partial charge >= 0.3 is 0 Å². The Balaban J connectivity index is 2.97. The fourth-order valence-corrected chi connectivity index (χ4v) is 2.15. The van der Waals surface area contributed by atoms with Crippen molar-refractivity contribution in [2.45, 2.75) is 25.0 Å². The molecule has 1 atom stereocenters. The lowest BCUT2D eigenvalue weighted by Gasteiger charge is -2.07. The van der Waals surface area contributed by atoms with Gasteiger partial charge in [-0.25, -0.2) is 0 Å². The van der Waals surface area contributed by atoms with Crippen LogP contribution in [0.5, 0.6) is 0 Å². The Kier molecular flexibility index (Phi) is 9.17. The van der Waals surface area contributed by atoms with Gasteiger partial charge in [0, 0.05) is 24.8 Å². The van der Waals surface area contributed by atoms with Crippen molar-refractivity contribution >= 4 is 23.4 Å². The topological polar surface area (TPSA) is 9.23 Å². The van der Waals surface area contributed by atoms with E-state index in [-0.39, 0.29) is 0 Å². The maximum atomic E-state index is 5.60. The Morgan fingerprint density at radius 2 is 2.27 bits per heavy atom. The fourth-order valence-electron chi connectivity index (χ4n) is 0.725. The van der Waals surface area contributed by atoms with Crippen molar-refractivity contribution in [3.05, 3.63) is 0 Å². The highest BCUT2D eigenvalue weighted by Gasteiger charge is 1.99. The number of halogens is 1. The van der Waals surface area contributed by atoms with Gasteiger partial charge in [0.1, 0.15) is 0 Å². The molecule has 0 aromatic rings. The zero-order valence-corrected chi connectivity index (χ0v) is 8.88. The molecule has 0 saturated carbocycles. The van der Waals surface area contributed by atoms with Crippen molar-refractivity contribution in [2.75, 3.05) is 25.3 Å². The summed E-state index contributed by atoms with van der Waals surface area (Å²) >= 11 is 7.57. The predicted molar refractivity (Wildman–Crippen MR) is 53.8 cm³/mol. The van der Waals surface area contributed by atoms with Crippen molar-refractivity contribution < 1.29 is 4.74 Å². The van der Waals surface area contributed by atoms with Gasteiger partial charge in [-0.15, -0.1) is 11.6 Å². The van der Waals surface area contributed by atoms with E-state index in [9.17, 15) is 0 Å². The lowest BCUT2D eigenvalue weighted by Crippen LogP contribution is -1.99. The molecule has 0 heterocycles. The first-order valence-corrected chi connectivity index (χ1v) is 5.56. The molecular weight excluding hydrogens is 180 g/mol. The Morgan fingerprint density at radius 3 is 2.82 bits per heavy atom. The van der Waals surface area contributed by atoms with Gasteiger partial charge in [0.2, 0.25) is 0 Å². The summed E-state index contributed by atoms with van der Waals surface area (Å²) in [4.78, 5) is 0. The number of hydrogen-bond donors (Lipinski definition) is 0. The number of methoxy groups -OCH3 is 1. The van der Waals surface area contributed by atoms with E-state index >= 15 is 0 Å². The third-order valence-electron chi connectivity index (χ3n) is 1.41. The highest BCUT2D eigenvalue weighted by atomic mass is 35.5. The third-order valence-corrected chi connectivity index (χ3v) is 2.96. The molecule has 0 aromatic heterocycles. The molecule has 0 amide bonds. The van der Waals surface area contributed by atoms with Crippen molar-refractivity contribution in [2.24, 2.45) is 0 Å². The van der Waals surface area contributed by atoms with Gasteiger partial charge in [0.25, 0.3) is 0 Å². The highest BCUT2D eigenvalue weighted by molar-refractivity contribution is 7.99. The minimum absolute atomic E-state index is 0.698. The summed E-state index contributed by atoms with van der Waals surface area (Å²) in [6, 6.07) is 0. The third kappa shape index (κ3) is 8.51. The molecule has 3 heteroatoms. The minimum atomic E-state index is 0.698. The van der Waals surface area contributed by atoms with E-state index in [1.165, 1.54) is 5.75 Å². The second-order valence-electron chi connectivity index (χ2n) is 2.51. The minimum Gasteiger partial charge on any atom is -0.385 e. The average Bonchev–Trinajstić information content (AvgIpc) is 1.99. The molecule has 0 radical (unpaired) electrons. The van der Waals surface area contributed by atoms with Crippen LogP contribution in [0.3, 0.4) is 0 Å². The Labute approximate surface area is 78.8 Å². The summed E-state index contributed by atoms with van der Waals surface area (Å²) < 4.78 is 4.94. The number of ether oxygens (including phenoxy) is 1.